The van der Waals surface area contributed by atoms with Crippen LogP contribution in [0.4, 0.5) is 0 Å². The topological polar surface area (TPSA) is 55.8 Å². The van der Waals surface area contributed by atoms with E-state index in [1.165, 1.54) is 0 Å². The number of carbonyl (C=O) groups is 1. The number of carbonyl (C=O) groups excluding carboxylic acids is 1. The summed E-state index contributed by atoms with van der Waals surface area (Å²) in [5.41, 5.74) is 0.880. The molecular weight excluding hydrogens is 320 g/mol. The van der Waals surface area contributed by atoms with E-state index in [0.717, 1.165) is 0 Å². The molecule has 0 aliphatic heterocycles. The summed E-state index contributed by atoms with van der Waals surface area (Å²) >= 11 is 0. The summed E-state index contributed by atoms with van der Waals surface area (Å²) in [5, 5.41) is 10.6. The van der Waals surface area contributed by atoms with Gasteiger partial charge in [-0.2, -0.15) is 0 Å². The average molecular weight is 351 g/mol. The smallest absolute Gasteiger partial charge is 0.336 e. The first-order chi connectivity index (χ1) is 11.1. The van der Waals surface area contributed by atoms with Crippen molar-refractivity contribution in [1.82, 2.24) is 0 Å². The van der Waals surface area contributed by atoms with Gasteiger partial charge in [-0.25, -0.2) is 4.79 Å². The van der Waals surface area contributed by atoms with Crippen LogP contribution < -0.4 is 0 Å². The molecule has 1 N–H and O–H groups in total. The van der Waals surface area contributed by atoms with Crippen molar-refractivity contribution >= 4 is 14.3 Å². The lowest BCUT2D eigenvalue weighted by atomic mass is 10.0. The van der Waals surface area contributed by atoms with E-state index in [0.29, 0.717) is 5.56 Å². The molecule has 0 fully saturated rings. The molecule has 134 valence electrons. The highest BCUT2D eigenvalue weighted by atomic mass is 28.4. The molecule has 0 aromatic heterocycles. The highest BCUT2D eigenvalue weighted by Crippen LogP contribution is 2.36. The minimum atomic E-state index is -1.92. The zero-order valence-corrected chi connectivity index (χ0v) is 16.6. The number of hydrogen-bond acceptors (Lipinski definition) is 4. The summed E-state index contributed by atoms with van der Waals surface area (Å²) in [7, 11) is -1.92. The quantitative estimate of drug-likeness (QED) is 0.454. The highest BCUT2D eigenvalue weighted by Gasteiger charge is 2.37. The molecule has 0 saturated heterocycles. The molecule has 0 heterocycles. The normalized spacial score (nSPS) is 14.4. The predicted molar refractivity (Wildman–Crippen MR) is 99.3 cm³/mol. The van der Waals surface area contributed by atoms with Crippen molar-refractivity contribution in [2.75, 3.05) is 13.2 Å². The molecule has 0 spiro atoms. The molecular formula is C19H30O4Si. The minimum absolute atomic E-state index is 0.0863. The summed E-state index contributed by atoms with van der Waals surface area (Å²) in [6.07, 6.45) is 0.629. The zero-order chi connectivity index (χ0) is 18.4. The van der Waals surface area contributed by atoms with Crippen LogP contribution in [0.1, 0.15) is 39.4 Å². The first-order valence-electron chi connectivity index (χ1n) is 8.34. The van der Waals surface area contributed by atoms with E-state index in [-0.39, 0.29) is 23.8 Å². The van der Waals surface area contributed by atoms with Crippen molar-refractivity contribution in [1.29, 1.82) is 0 Å². The third kappa shape index (κ3) is 5.58. The minimum Gasteiger partial charge on any atom is -0.463 e. The number of ether oxygens (including phenoxy) is 1. The SMILES string of the molecule is CCOC(=O)/C(=C/CO[Si](C)(C)C(C)(C)C)C(O)c1ccccc1. The number of rotatable bonds is 7. The van der Waals surface area contributed by atoms with E-state index in [4.69, 9.17) is 9.16 Å². The Kier molecular flexibility index (Phi) is 7.39. The van der Waals surface area contributed by atoms with Crippen LogP contribution in [0, 0.1) is 0 Å². The molecule has 4 nitrogen and oxygen atoms in total. The summed E-state index contributed by atoms with van der Waals surface area (Å²) < 4.78 is 11.2. The monoisotopic (exact) mass is 350 g/mol. The molecule has 1 aromatic rings. The Labute approximate surface area is 146 Å². The van der Waals surface area contributed by atoms with Gasteiger partial charge < -0.3 is 14.3 Å². The molecule has 0 aliphatic carbocycles. The van der Waals surface area contributed by atoms with Gasteiger partial charge in [-0.1, -0.05) is 51.1 Å². The van der Waals surface area contributed by atoms with Gasteiger partial charge in [0.15, 0.2) is 8.32 Å². The fourth-order valence-electron chi connectivity index (χ4n) is 1.89. The second-order valence-electron chi connectivity index (χ2n) is 7.26. The predicted octanol–water partition coefficient (Wildman–Crippen LogP) is 4.23. The van der Waals surface area contributed by atoms with Crippen molar-refractivity contribution in [3.05, 3.63) is 47.5 Å². The molecule has 0 radical (unpaired) electrons. The van der Waals surface area contributed by atoms with Gasteiger partial charge in [0.2, 0.25) is 0 Å². The van der Waals surface area contributed by atoms with E-state index in [1.54, 1.807) is 25.1 Å². The Morgan fingerprint density at radius 3 is 2.33 bits per heavy atom. The molecule has 1 rings (SSSR count). The van der Waals surface area contributed by atoms with Gasteiger partial charge >= 0.3 is 5.97 Å². The summed E-state index contributed by atoms with van der Waals surface area (Å²) in [5.74, 6) is -0.507. The fourth-order valence-corrected chi connectivity index (χ4v) is 2.83. The Bertz CT molecular complexity index is 558. The second kappa shape index (κ2) is 8.60. The van der Waals surface area contributed by atoms with Gasteiger partial charge in [-0.15, -0.1) is 0 Å². The fraction of sp³-hybridized carbons (Fsp3) is 0.526. The lowest BCUT2D eigenvalue weighted by molar-refractivity contribution is -0.139. The number of aliphatic hydroxyl groups excluding tert-OH is 1. The molecule has 1 atom stereocenters. The van der Waals surface area contributed by atoms with Crippen LogP contribution in [-0.4, -0.2) is 32.6 Å². The first kappa shape index (κ1) is 20.6. The first-order valence-corrected chi connectivity index (χ1v) is 11.2. The van der Waals surface area contributed by atoms with E-state index in [9.17, 15) is 9.90 Å². The number of hydrogen-bond donors (Lipinski definition) is 1. The van der Waals surface area contributed by atoms with Crippen molar-refractivity contribution in [3.63, 3.8) is 0 Å². The third-order valence-corrected chi connectivity index (χ3v) is 8.98. The van der Waals surface area contributed by atoms with E-state index in [2.05, 4.69) is 33.9 Å². The van der Waals surface area contributed by atoms with E-state index < -0.39 is 20.4 Å². The maximum absolute atomic E-state index is 12.2. The van der Waals surface area contributed by atoms with Crippen LogP contribution in [0.15, 0.2) is 42.0 Å². The van der Waals surface area contributed by atoms with Gasteiger partial charge in [0.1, 0.15) is 6.10 Å². The molecule has 1 unspecified atom stereocenters. The highest BCUT2D eigenvalue weighted by molar-refractivity contribution is 6.74. The largest absolute Gasteiger partial charge is 0.463 e. The maximum atomic E-state index is 12.2. The van der Waals surface area contributed by atoms with Crippen molar-refractivity contribution in [3.8, 4) is 0 Å². The van der Waals surface area contributed by atoms with E-state index >= 15 is 0 Å². The van der Waals surface area contributed by atoms with Gasteiger partial charge in [0.05, 0.1) is 18.8 Å². The Balaban J connectivity index is 2.96. The molecule has 24 heavy (non-hydrogen) atoms. The average Bonchev–Trinajstić information content (AvgIpc) is 2.51. The maximum Gasteiger partial charge on any atom is 0.336 e. The van der Waals surface area contributed by atoms with Gasteiger partial charge in [0.25, 0.3) is 0 Å². The number of benzene rings is 1. The molecule has 0 amide bonds. The van der Waals surface area contributed by atoms with Crippen LogP contribution in [0.25, 0.3) is 0 Å². The summed E-state index contributed by atoms with van der Waals surface area (Å²) in [6.45, 7) is 13.1. The molecule has 0 bridgehead atoms. The van der Waals surface area contributed by atoms with Crippen LogP contribution in [-0.2, 0) is 14.0 Å². The van der Waals surface area contributed by atoms with Crippen molar-refractivity contribution in [2.45, 2.75) is 51.9 Å². The zero-order valence-electron chi connectivity index (χ0n) is 15.6. The van der Waals surface area contributed by atoms with Crippen LogP contribution in [0.2, 0.25) is 18.1 Å². The van der Waals surface area contributed by atoms with Gasteiger partial charge in [-0.3, -0.25) is 0 Å². The standard InChI is InChI=1S/C19H30O4Si/c1-7-22-18(21)16(17(20)15-11-9-8-10-12-15)13-14-23-24(5,6)19(2,3)4/h8-13,17,20H,7,14H2,1-6H3/b16-13+. The summed E-state index contributed by atoms with van der Waals surface area (Å²) in [6, 6.07) is 9.09. The molecule has 0 aliphatic rings. The summed E-state index contributed by atoms with van der Waals surface area (Å²) in [4.78, 5) is 12.2. The Morgan fingerprint density at radius 2 is 1.83 bits per heavy atom. The van der Waals surface area contributed by atoms with Gasteiger partial charge in [-0.05, 0) is 36.7 Å². The molecule has 5 heteroatoms. The van der Waals surface area contributed by atoms with Crippen LogP contribution in [0.3, 0.4) is 0 Å². The van der Waals surface area contributed by atoms with Crippen LogP contribution >= 0.6 is 0 Å². The second-order valence-corrected chi connectivity index (χ2v) is 12.1. The van der Waals surface area contributed by atoms with Crippen molar-refractivity contribution < 1.29 is 19.1 Å². The van der Waals surface area contributed by atoms with Gasteiger partial charge in [0, 0.05) is 0 Å². The lowest BCUT2D eigenvalue weighted by Gasteiger charge is -2.35. The lowest BCUT2D eigenvalue weighted by Crippen LogP contribution is -2.40. The molecule has 1 aromatic carbocycles. The number of esters is 1. The van der Waals surface area contributed by atoms with Crippen LogP contribution in [0.5, 0.6) is 0 Å². The number of aliphatic hydroxyl groups is 1. The van der Waals surface area contributed by atoms with Crippen molar-refractivity contribution in [2.24, 2.45) is 0 Å². The Morgan fingerprint density at radius 1 is 1.25 bits per heavy atom. The third-order valence-electron chi connectivity index (χ3n) is 4.47. The molecule has 0 saturated carbocycles. The van der Waals surface area contributed by atoms with E-state index in [1.807, 2.05) is 18.2 Å². The Hall–Kier alpha value is -1.43.